The standard InChI is InChI=1S/C11H12ClN7O2S/c1-7-15-16-11(22-7)18-4-2-17(3-5-18)10-8(19(20)21)9(12)13-6-14-10/h6H,2-5H2,1H3. The third kappa shape index (κ3) is 2.79. The van der Waals surface area contributed by atoms with E-state index in [1.54, 1.807) is 0 Å². The first kappa shape index (κ1) is 14.9. The van der Waals surface area contributed by atoms with Crippen LogP contribution in [0.1, 0.15) is 5.01 Å². The molecule has 0 unspecified atom stereocenters. The van der Waals surface area contributed by atoms with Crippen LogP contribution in [-0.4, -0.2) is 51.3 Å². The lowest BCUT2D eigenvalue weighted by Gasteiger charge is -2.34. The highest BCUT2D eigenvalue weighted by Crippen LogP contribution is 2.32. The summed E-state index contributed by atoms with van der Waals surface area (Å²) in [7, 11) is 0. The maximum absolute atomic E-state index is 11.2. The fourth-order valence-electron chi connectivity index (χ4n) is 2.26. The van der Waals surface area contributed by atoms with E-state index < -0.39 is 4.92 Å². The van der Waals surface area contributed by atoms with Gasteiger partial charge >= 0.3 is 5.69 Å². The van der Waals surface area contributed by atoms with Gasteiger partial charge in [-0.15, -0.1) is 10.2 Å². The molecule has 1 aliphatic rings. The van der Waals surface area contributed by atoms with E-state index in [1.807, 2.05) is 11.8 Å². The van der Waals surface area contributed by atoms with Gasteiger partial charge in [0, 0.05) is 26.2 Å². The Balaban J connectivity index is 1.77. The number of halogens is 1. The molecule has 0 aliphatic carbocycles. The molecule has 1 fully saturated rings. The van der Waals surface area contributed by atoms with Gasteiger partial charge in [-0.1, -0.05) is 22.9 Å². The molecule has 0 atom stereocenters. The minimum Gasteiger partial charge on any atom is -0.347 e. The largest absolute Gasteiger partial charge is 0.348 e. The predicted molar refractivity (Wildman–Crippen MR) is 82.8 cm³/mol. The zero-order valence-electron chi connectivity index (χ0n) is 11.6. The van der Waals surface area contributed by atoms with E-state index in [0.29, 0.717) is 26.2 Å². The normalized spacial score (nSPS) is 15.2. The fraction of sp³-hybridized carbons (Fsp3) is 0.455. The molecule has 2 aromatic heterocycles. The highest BCUT2D eigenvalue weighted by molar-refractivity contribution is 7.15. The number of aryl methyl sites for hydroxylation is 1. The Morgan fingerprint density at radius 3 is 2.50 bits per heavy atom. The Bertz CT molecular complexity index is 701. The van der Waals surface area contributed by atoms with Crippen LogP contribution >= 0.6 is 22.9 Å². The Hall–Kier alpha value is -2.07. The number of anilines is 2. The van der Waals surface area contributed by atoms with E-state index >= 15 is 0 Å². The van der Waals surface area contributed by atoms with E-state index in [0.717, 1.165) is 10.1 Å². The second-order valence-corrected chi connectivity index (χ2v) is 6.19. The molecule has 0 radical (unpaired) electrons. The van der Waals surface area contributed by atoms with Crippen molar-refractivity contribution in [1.82, 2.24) is 20.2 Å². The molecular formula is C11H12ClN7O2S. The van der Waals surface area contributed by atoms with Crippen LogP contribution in [0, 0.1) is 17.0 Å². The van der Waals surface area contributed by atoms with Crippen LogP contribution in [0.15, 0.2) is 6.33 Å². The van der Waals surface area contributed by atoms with Crippen molar-refractivity contribution in [2.45, 2.75) is 6.92 Å². The molecule has 1 saturated heterocycles. The Kier molecular flexibility index (Phi) is 4.03. The van der Waals surface area contributed by atoms with Crippen molar-refractivity contribution in [3.63, 3.8) is 0 Å². The van der Waals surface area contributed by atoms with Gasteiger partial charge in [0.05, 0.1) is 4.92 Å². The van der Waals surface area contributed by atoms with Crippen LogP contribution in [0.3, 0.4) is 0 Å². The zero-order valence-corrected chi connectivity index (χ0v) is 13.2. The molecule has 116 valence electrons. The van der Waals surface area contributed by atoms with E-state index in [1.165, 1.54) is 17.7 Å². The third-order valence-corrected chi connectivity index (χ3v) is 4.48. The number of nitrogens with zero attached hydrogens (tertiary/aromatic N) is 7. The Morgan fingerprint density at radius 1 is 1.23 bits per heavy atom. The first-order valence-electron chi connectivity index (χ1n) is 6.51. The molecule has 0 spiro atoms. The zero-order chi connectivity index (χ0) is 15.7. The molecule has 0 aromatic carbocycles. The van der Waals surface area contributed by atoms with E-state index in [2.05, 4.69) is 25.1 Å². The van der Waals surface area contributed by atoms with E-state index in [9.17, 15) is 10.1 Å². The Labute approximate surface area is 134 Å². The topological polar surface area (TPSA) is 101 Å². The first-order valence-corrected chi connectivity index (χ1v) is 7.70. The van der Waals surface area contributed by atoms with Gasteiger partial charge in [-0.05, 0) is 6.92 Å². The van der Waals surface area contributed by atoms with Crippen LogP contribution in [0.5, 0.6) is 0 Å². The molecule has 0 bridgehead atoms. The molecule has 0 N–H and O–H groups in total. The van der Waals surface area contributed by atoms with Crippen LogP contribution in [0.4, 0.5) is 16.6 Å². The summed E-state index contributed by atoms with van der Waals surface area (Å²) < 4.78 is 0. The fourth-order valence-corrected chi connectivity index (χ4v) is 3.20. The lowest BCUT2D eigenvalue weighted by Crippen LogP contribution is -2.47. The lowest BCUT2D eigenvalue weighted by atomic mass is 10.3. The van der Waals surface area contributed by atoms with E-state index in [-0.39, 0.29) is 16.7 Å². The van der Waals surface area contributed by atoms with Crippen LogP contribution in [0.2, 0.25) is 5.15 Å². The summed E-state index contributed by atoms with van der Waals surface area (Å²) in [5, 5.41) is 20.9. The quantitative estimate of drug-likeness (QED) is 0.470. The molecule has 9 nitrogen and oxygen atoms in total. The summed E-state index contributed by atoms with van der Waals surface area (Å²) >= 11 is 7.36. The molecule has 1 aliphatic heterocycles. The van der Waals surface area contributed by atoms with Gasteiger partial charge in [0.2, 0.25) is 16.1 Å². The lowest BCUT2D eigenvalue weighted by molar-refractivity contribution is -0.384. The molecule has 22 heavy (non-hydrogen) atoms. The van der Waals surface area contributed by atoms with Crippen LogP contribution in [0.25, 0.3) is 0 Å². The maximum Gasteiger partial charge on any atom is 0.348 e. The van der Waals surface area contributed by atoms with Gasteiger partial charge in [0.1, 0.15) is 11.3 Å². The second-order valence-electron chi connectivity index (χ2n) is 4.67. The average molecular weight is 342 g/mol. The number of piperazine rings is 1. The summed E-state index contributed by atoms with van der Waals surface area (Å²) in [6, 6.07) is 0. The smallest absolute Gasteiger partial charge is 0.347 e. The Morgan fingerprint density at radius 2 is 1.91 bits per heavy atom. The summed E-state index contributed by atoms with van der Waals surface area (Å²) in [6.07, 6.45) is 1.24. The van der Waals surface area contributed by atoms with Gasteiger partial charge in [0.25, 0.3) is 0 Å². The van der Waals surface area contributed by atoms with Gasteiger partial charge < -0.3 is 9.80 Å². The second kappa shape index (κ2) is 5.97. The van der Waals surface area contributed by atoms with Gasteiger partial charge in [0.15, 0.2) is 0 Å². The van der Waals surface area contributed by atoms with Crippen LogP contribution in [-0.2, 0) is 0 Å². The average Bonchev–Trinajstić information content (AvgIpc) is 2.93. The SMILES string of the molecule is Cc1nnc(N2CCN(c3ncnc(Cl)c3[N+](=O)[O-])CC2)s1. The van der Waals surface area contributed by atoms with Crippen molar-refractivity contribution in [3.8, 4) is 0 Å². The van der Waals surface area contributed by atoms with Gasteiger partial charge in [-0.25, -0.2) is 9.97 Å². The van der Waals surface area contributed by atoms with Crippen molar-refractivity contribution in [2.24, 2.45) is 0 Å². The van der Waals surface area contributed by atoms with Crippen molar-refractivity contribution < 1.29 is 4.92 Å². The first-order chi connectivity index (χ1) is 10.6. The number of rotatable bonds is 3. The molecular weight excluding hydrogens is 330 g/mol. The number of hydrogen-bond acceptors (Lipinski definition) is 9. The molecule has 2 aromatic rings. The summed E-state index contributed by atoms with van der Waals surface area (Å²) in [5.74, 6) is 0.262. The summed E-state index contributed by atoms with van der Waals surface area (Å²) in [5.41, 5.74) is -0.246. The van der Waals surface area contributed by atoms with Crippen molar-refractivity contribution in [3.05, 3.63) is 26.6 Å². The van der Waals surface area contributed by atoms with Crippen molar-refractivity contribution in [1.29, 1.82) is 0 Å². The highest BCUT2D eigenvalue weighted by Gasteiger charge is 2.29. The molecule has 3 rings (SSSR count). The summed E-state index contributed by atoms with van der Waals surface area (Å²) in [6.45, 7) is 4.46. The minimum atomic E-state index is -0.544. The number of hydrogen-bond donors (Lipinski definition) is 0. The molecule has 0 amide bonds. The predicted octanol–water partition coefficient (Wildman–Crippen LogP) is 1.52. The monoisotopic (exact) mass is 341 g/mol. The third-order valence-electron chi connectivity index (χ3n) is 3.31. The highest BCUT2D eigenvalue weighted by atomic mass is 35.5. The van der Waals surface area contributed by atoms with Crippen molar-refractivity contribution >= 4 is 39.6 Å². The maximum atomic E-state index is 11.2. The molecule has 3 heterocycles. The number of aromatic nitrogens is 4. The van der Waals surface area contributed by atoms with Crippen molar-refractivity contribution in [2.75, 3.05) is 36.0 Å². The van der Waals surface area contributed by atoms with E-state index in [4.69, 9.17) is 11.6 Å². The van der Waals surface area contributed by atoms with Gasteiger partial charge in [-0.3, -0.25) is 10.1 Å². The van der Waals surface area contributed by atoms with Crippen LogP contribution < -0.4 is 9.80 Å². The molecule has 11 heteroatoms. The summed E-state index contributed by atoms with van der Waals surface area (Å²) in [4.78, 5) is 22.3. The van der Waals surface area contributed by atoms with Gasteiger partial charge in [-0.2, -0.15) is 0 Å². The number of nitro groups is 1. The molecule has 0 saturated carbocycles. The minimum absolute atomic E-state index is 0.142.